The van der Waals surface area contributed by atoms with Crippen LogP contribution in [-0.4, -0.2) is 40.9 Å². The maximum Gasteiger partial charge on any atom is 0.460 e. The van der Waals surface area contributed by atoms with Crippen molar-refractivity contribution in [1.29, 1.82) is 0 Å². The van der Waals surface area contributed by atoms with Crippen LogP contribution in [0.3, 0.4) is 0 Å². The highest BCUT2D eigenvalue weighted by molar-refractivity contribution is 9.10. The smallest absolute Gasteiger partial charge is 0.382 e. The molecule has 0 saturated heterocycles. The van der Waals surface area contributed by atoms with Gasteiger partial charge in [0.05, 0.1) is 0 Å². The fraction of sp³-hybridized carbons (Fsp3) is 0.538. The molecule has 1 unspecified atom stereocenters. The highest BCUT2D eigenvalue weighted by atomic mass is 79.9. The van der Waals surface area contributed by atoms with Crippen molar-refractivity contribution in [3.05, 3.63) is 34.3 Å². The summed E-state index contributed by atoms with van der Waals surface area (Å²) in [4.78, 5) is 0. The van der Waals surface area contributed by atoms with Crippen LogP contribution in [0, 0.1) is 0 Å². The van der Waals surface area contributed by atoms with Crippen molar-refractivity contribution in [3.63, 3.8) is 0 Å². The summed E-state index contributed by atoms with van der Waals surface area (Å²) in [6.45, 7) is 0. The topological polar surface area (TPSA) is 20.2 Å². The Bertz CT molecular complexity index is 713. The van der Waals surface area contributed by atoms with E-state index in [9.17, 15) is 62.2 Å². The number of aliphatic hydroxyl groups is 1. The molecule has 28 heavy (non-hydrogen) atoms. The van der Waals surface area contributed by atoms with Crippen LogP contribution in [0.5, 0.6) is 0 Å². The van der Waals surface area contributed by atoms with Gasteiger partial charge in [-0.25, -0.2) is 0 Å². The van der Waals surface area contributed by atoms with Gasteiger partial charge in [0.15, 0.2) is 6.10 Å². The third kappa shape index (κ3) is 3.33. The quantitative estimate of drug-likeness (QED) is 0.456. The van der Waals surface area contributed by atoms with Crippen molar-refractivity contribution in [2.24, 2.45) is 0 Å². The van der Waals surface area contributed by atoms with Crippen LogP contribution in [0.25, 0.3) is 0 Å². The van der Waals surface area contributed by atoms with Gasteiger partial charge in [0.1, 0.15) is 0 Å². The molecule has 1 atom stereocenters. The first kappa shape index (κ1) is 24.8. The lowest BCUT2D eigenvalue weighted by atomic mass is 9.89. The van der Waals surface area contributed by atoms with E-state index >= 15 is 0 Å². The van der Waals surface area contributed by atoms with Crippen LogP contribution in [0.4, 0.5) is 57.1 Å². The highest BCUT2D eigenvalue weighted by Crippen LogP contribution is 2.62. The lowest BCUT2D eigenvalue weighted by molar-refractivity contribution is -0.444. The summed E-state index contributed by atoms with van der Waals surface area (Å²) < 4.78 is 169. The molecular weight excluding hydrogens is 499 g/mol. The van der Waals surface area contributed by atoms with E-state index in [4.69, 9.17) is 0 Å². The van der Waals surface area contributed by atoms with Crippen molar-refractivity contribution < 1.29 is 62.2 Å². The molecular formula is C13H6BrF13O. The summed E-state index contributed by atoms with van der Waals surface area (Å²) in [5.41, 5.74) is -1.26. The molecule has 1 rings (SSSR count). The van der Waals surface area contributed by atoms with Gasteiger partial charge in [-0.15, -0.1) is 0 Å². The standard InChI is InChI=1S/C13H6BrF13O/c14-6-4-2-1-3-5(6)7(28)8(15,16)9(17,18)10(19,20)11(21,22)12(23,24)13(25,26)27/h1-4,7,28H. The summed E-state index contributed by atoms with van der Waals surface area (Å²) in [6, 6.07) is 3.18. The first-order valence-corrected chi connectivity index (χ1v) is 7.35. The SMILES string of the molecule is OC(c1ccccc1Br)C(F)(F)C(F)(F)C(F)(F)C(F)(F)C(F)(F)C(F)(F)F. The maximum atomic E-state index is 13.8. The molecule has 0 amide bonds. The Balaban J connectivity index is 3.55. The van der Waals surface area contributed by atoms with Crippen LogP contribution in [0.1, 0.15) is 11.7 Å². The Labute approximate surface area is 155 Å². The first-order chi connectivity index (χ1) is 12.2. The van der Waals surface area contributed by atoms with E-state index in [-0.39, 0.29) is 0 Å². The second kappa shape index (κ2) is 6.92. The number of aliphatic hydroxyl groups excluding tert-OH is 1. The molecule has 0 radical (unpaired) electrons. The van der Waals surface area contributed by atoms with Gasteiger partial charge >= 0.3 is 35.8 Å². The van der Waals surface area contributed by atoms with Gasteiger partial charge in [0.25, 0.3) is 0 Å². The van der Waals surface area contributed by atoms with Gasteiger partial charge in [0, 0.05) is 10.0 Å². The fourth-order valence-electron chi connectivity index (χ4n) is 1.85. The van der Waals surface area contributed by atoms with Gasteiger partial charge in [-0.05, 0) is 6.07 Å². The summed E-state index contributed by atoms with van der Waals surface area (Å²) in [5, 5.41) is 9.31. The molecule has 0 heterocycles. The van der Waals surface area contributed by atoms with E-state index in [1.807, 2.05) is 0 Å². The Morgan fingerprint density at radius 1 is 0.643 bits per heavy atom. The van der Waals surface area contributed by atoms with Crippen LogP contribution >= 0.6 is 15.9 Å². The average molecular weight is 505 g/mol. The Hall–Kier alpha value is -1.25. The monoisotopic (exact) mass is 504 g/mol. The second-order valence-electron chi connectivity index (χ2n) is 5.34. The molecule has 0 saturated carbocycles. The minimum absolute atomic E-state index is 0.458. The summed E-state index contributed by atoms with van der Waals surface area (Å²) in [6.07, 6.45) is -11.5. The zero-order valence-electron chi connectivity index (χ0n) is 12.6. The third-order valence-corrected chi connectivity index (χ3v) is 4.22. The second-order valence-corrected chi connectivity index (χ2v) is 6.20. The van der Waals surface area contributed by atoms with Gasteiger partial charge in [-0.2, -0.15) is 57.1 Å². The number of hydrogen-bond donors (Lipinski definition) is 1. The third-order valence-electron chi connectivity index (χ3n) is 3.50. The molecule has 0 spiro atoms. The largest absolute Gasteiger partial charge is 0.460 e. The van der Waals surface area contributed by atoms with Crippen LogP contribution < -0.4 is 0 Å². The Morgan fingerprint density at radius 3 is 1.43 bits per heavy atom. The van der Waals surface area contributed by atoms with Crippen molar-refractivity contribution >= 4 is 15.9 Å². The summed E-state index contributed by atoms with van der Waals surface area (Å²) in [5.74, 6) is -37.9. The zero-order valence-corrected chi connectivity index (χ0v) is 14.2. The molecule has 0 fully saturated rings. The molecule has 1 nitrogen and oxygen atoms in total. The normalized spacial score (nSPS) is 16.2. The number of hydrogen-bond acceptors (Lipinski definition) is 1. The summed E-state index contributed by atoms with van der Waals surface area (Å²) >= 11 is 2.46. The number of halogens is 14. The molecule has 0 aliphatic heterocycles. The molecule has 1 aromatic carbocycles. The first-order valence-electron chi connectivity index (χ1n) is 6.56. The minimum Gasteiger partial charge on any atom is -0.382 e. The number of alkyl halides is 13. The van der Waals surface area contributed by atoms with Gasteiger partial charge in [0.2, 0.25) is 0 Å². The van der Waals surface area contributed by atoms with E-state index in [1.54, 1.807) is 0 Å². The molecule has 1 aromatic rings. The average Bonchev–Trinajstić information content (AvgIpc) is 2.52. The molecule has 15 heteroatoms. The van der Waals surface area contributed by atoms with Crippen LogP contribution in [0.15, 0.2) is 28.7 Å². The molecule has 162 valence electrons. The molecule has 0 aliphatic carbocycles. The molecule has 0 aliphatic rings. The van der Waals surface area contributed by atoms with Crippen LogP contribution in [0.2, 0.25) is 0 Å². The maximum absolute atomic E-state index is 13.8. The van der Waals surface area contributed by atoms with Gasteiger partial charge in [-0.3, -0.25) is 0 Å². The molecule has 0 aromatic heterocycles. The minimum atomic E-state index is -8.00. The highest BCUT2D eigenvalue weighted by Gasteiger charge is 2.91. The lowest BCUT2D eigenvalue weighted by Gasteiger charge is -2.40. The van der Waals surface area contributed by atoms with Gasteiger partial charge < -0.3 is 5.11 Å². The number of rotatable bonds is 6. The van der Waals surface area contributed by atoms with E-state index in [0.717, 1.165) is 18.2 Å². The molecule has 0 bridgehead atoms. The van der Waals surface area contributed by atoms with Crippen molar-refractivity contribution in [2.45, 2.75) is 41.9 Å². The van der Waals surface area contributed by atoms with Crippen LogP contribution in [-0.2, 0) is 0 Å². The molecule has 1 N–H and O–H groups in total. The lowest BCUT2D eigenvalue weighted by Crippen LogP contribution is -2.70. The Kier molecular flexibility index (Phi) is 6.12. The van der Waals surface area contributed by atoms with E-state index < -0.39 is 51.9 Å². The van der Waals surface area contributed by atoms with Crippen molar-refractivity contribution in [2.75, 3.05) is 0 Å². The zero-order chi connectivity index (χ0) is 22.6. The van der Waals surface area contributed by atoms with Crippen molar-refractivity contribution in [3.8, 4) is 0 Å². The van der Waals surface area contributed by atoms with Crippen molar-refractivity contribution in [1.82, 2.24) is 0 Å². The predicted octanol–water partition coefficient (Wildman–Crippen LogP) is 6.22. The fourth-order valence-corrected chi connectivity index (χ4v) is 2.35. The summed E-state index contributed by atoms with van der Waals surface area (Å²) in [7, 11) is 0. The van der Waals surface area contributed by atoms with E-state index in [0.29, 0.717) is 6.07 Å². The predicted molar refractivity (Wildman–Crippen MR) is 69.9 cm³/mol. The van der Waals surface area contributed by atoms with E-state index in [1.165, 1.54) is 0 Å². The van der Waals surface area contributed by atoms with E-state index in [2.05, 4.69) is 15.9 Å². The number of benzene rings is 1. The Morgan fingerprint density at radius 2 is 1.04 bits per heavy atom. The van der Waals surface area contributed by atoms with Gasteiger partial charge in [-0.1, -0.05) is 34.1 Å².